The Kier molecular flexibility index (Phi) is 6.46. The number of hydrogen-bond acceptors (Lipinski definition) is 6. The van der Waals surface area contributed by atoms with Gasteiger partial charge in [0.15, 0.2) is 0 Å². The van der Waals surface area contributed by atoms with Crippen molar-refractivity contribution in [3.8, 4) is 6.07 Å². The van der Waals surface area contributed by atoms with Crippen LogP contribution in [0.15, 0.2) is 40.9 Å². The number of nitriles is 1. The molecular weight excluding hydrogens is 360 g/mol. The van der Waals surface area contributed by atoms with E-state index in [1.165, 1.54) is 12.1 Å². The average Bonchev–Trinajstić information content (AvgIpc) is 2.62. The maximum absolute atomic E-state index is 12.1. The SMILES string of the molecule is N#C/C(=C/NC(=O)C1CCNCC1)C(=O)Nc1cccc(S(=O)(=O)O)c1. The number of hydrogen-bond donors (Lipinski definition) is 4. The van der Waals surface area contributed by atoms with Crippen LogP contribution in [0.1, 0.15) is 12.8 Å². The van der Waals surface area contributed by atoms with Crippen molar-refractivity contribution in [2.24, 2.45) is 5.92 Å². The van der Waals surface area contributed by atoms with Crippen molar-refractivity contribution in [3.05, 3.63) is 36.0 Å². The van der Waals surface area contributed by atoms with E-state index in [-0.39, 0.29) is 23.1 Å². The molecule has 10 heteroatoms. The van der Waals surface area contributed by atoms with Gasteiger partial charge in [0.2, 0.25) is 5.91 Å². The molecule has 2 amide bonds. The first-order valence-corrected chi connectivity index (χ1v) is 9.25. The Morgan fingerprint density at radius 2 is 2.00 bits per heavy atom. The van der Waals surface area contributed by atoms with Gasteiger partial charge in [0.25, 0.3) is 16.0 Å². The number of nitrogens with zero attached hydrogens (tertiary/aromatic N) is 1. The molecule has 1 aromatic rings. The lowest BCUT2D eigenvalue weighted by Gasteiger charge is -2.20. The molecule has 2 rings (SSSR count). The highest BCUT2D eigenvalue weighted by atomic mass is 32.2. The Balaban J connectivity index is 2.04. The average molecular weight is 378 g/mol. The Morgan fingerprint density at radius 1 is 1.31 bits per heavy atom. The van der Waals surface area contributed by atoms with Gasteiger partial charge in [-0.05, 0) is 44.1 Å². The van der Waals surface area contributed by atoms with Crippen molar-refractivity contribution in [2.45, 2.75) is 17.7 Å². The van der Waals surface area contributed by atoms with Crippen molar-refractivity contribution in [3.63, 3.8) is 0 Å². The Bertz CT molecular complexity index is 867. The molecule has 0 unspecified atom stereocenters. The van der Waals surface area contributed by atoms with Crippen molar-refractivity contribution >= 4 is 27.6 Å². The van der Waals surface area contributed by atoms with Gasteiger partial charge in [-0.2, -0.15) is 13.7 Å². The van der Waals surface area contributed by atoms with Crippen LogP contribution in [0, 0.1) is 17.2 Å². The highest BCUT2D eigenvalue weighted by Gasteiger charge is 2.20. The van der Waals surface area contributed by atoms with Gasteiger partial charge in [0, 0.05) is 17.8 Å². The lowest BCUT2D eigenvalue weighted by molar-refractivity contribution is -0.124. The topological polar surface area (TPSA) is 148 Å². The third kappa shape index (κ3) is 5.38. The standard InChI is InChI=1S/C16H18N4O5S/c17-9-12(10-19-15(21)11-4-6-18-7-5-11)16(22)20-13-2-1-3-14(8-13)26(23,24)25/h1-3,8,10-11,18H,4-7H2,(H,19,21)(H,20,22)(H,23,24,25)/b12-10-. The predicted molar refractivity (Wildman–Crippen MR) is 92.3 cm³/mol. The molecule has 0 spiro atoms. The second kappa shape index (κ2) is 8.57. The first-order chi connectivity index (χ1) is 12.3. The van der Waals surface area contributed by atoms with Crippen LogP contribution < -0.4 is 16.0 Å². The minimum Gasteiger partial charge on any atom is -0.331 e. The summed E-state index contributed by atoms with van der Waals surface area (Å²) < 4.78 is 31.2. The highest BCUT2D eigenvalue weighted by Crippen LogP contribution is 2.16. The summed E-state index contributed by atoms with van der Waals surface area (Å²) in [7, 11) is -4.41. The van der Waals surface area contributed by atoms with E-state index in [9.17, 15) is 18.0 Å². The summed E-state index contributed by atoms with van der Waals surface area (Å²) in [6.07, 6.45) is 2.39. The van der Waals surface area contributed by atoms with Crippen molar-refractivity contribution in [1.29, 1.82) is 5.26 Å². The molecule has 1 aromatic carbocycles. The van der Waals surface area contributed by atoms with E-state index in [0.29, 0.717) is 12.8 Å². The van der Waals surface area contributed by atoms with Crippen molar-refractivity contribution < 1.29 is 22.6 Å². The summed E-state index contributed by atoms with van der Waals surface area (Å²) in [5.41, 5.74) is -0.263. The number of piperidine rings is 1. The summed E-state index contributed by atoms with van der Waals surface area (Å²) in [4.78, 5) is 23.8. The second-order valence-electron chi connectivity index (χ2n) is 5.66. The Labute approximate surface area is 150 Å². The van der Waals surface area contributed by atoms with Crippen LogP contribution in [0.3, 0.4) is 0 Å². The van der Waals surface area contributed by atoms with Crippen LogP contribution >= 0.6 is 0 Å². The Hall–Kier alpha value is -2.74. The molecule has 0 radical (unpaired) electrons. The molecule has 138 valence electrons. The molecule has 1 heterocycles. The van der Waals surface area contributed by atoms with Crippen molar-refractivity contribution in [1.82, 2.24) is 10.6 Å². The van der Waals surface area contributed by atoms with E-state index in [4.69, 9.17) is 9.81 Å². The molecule has 1 fully saturated rings. The van der Waals surface area contributed by atoms with E-state index >= 15 is 0 Å². The number of anilines is 1. The van der Waals surface area contributed by atoms with Gasteiger partial charge >= 0.3 is 0 Å². The maximum atomic E-state index is 12.1. The summed E-state index contributed by atoms with van der Waals surface area (Å²) in [5.74, 6) is -1.26. The Morgan fingerprint density at radius 3 is 2.62 bits per heavy atom. The summed E-state index contributed by atoms with van der Waals surface area (Å²) in [6, 6.07) is 6.61. The molecule has 4 N–H and O–H groups in total. The fourth-order valence-corrected chi connectivity index (χ4v) is 2.95. The normalized spacial score (nSPS) is 15.8. The molecule has 0 atom stereocenters. The van der Waals surface area contributed by atoms with Gasteiger partial charge in [0.1, 0.15) is 11.6 Å². The molecule has 1 saturated heterocycles. The van der Waals surface area contributed by atoms with Gasteiger partial charge in [0.05, 0.1) is 4.90 Å². The van der Waals surface area contributed by atoms with Gasteiger partial charge in [-0.1, -0.05) is 6.07 Å². The third-order valence-corrected chi connectivity index (χ3v) is 4.67. The summed E-state index contributed by atoms with van der Waals surface area (Å²) in [5, 5.41) is 17.0. The molecule has 0 aliphatic carbocycles. The minimum atomic E-state index is -4.41. The number of amides is 2. The first-order valence-electron chi connectivity index (χ1n) is 7.81. The fourth-order valence-electron chi connectivity index (χ4n) is 2.43. The largest absolute Gasteiger partial charge is 0.331 e. The molecule has 26 heavy (non-hydrogen) atoms. The van der Waals surface area contributed by atoms with Gasteiger partial charge in [-0.15, -0.1) is 0 Å². The number of carbonyl (C=O) groups excluding carboxylic acids is 2. The van der Waals surface area contributed by atoms with Gasteiger partial charge in [-0.3, -0.25) is 14.1 Å². The summed E-state index contributed by atoms with van der Waals surface area (Å²) >= 11 is 0. The highest BCUT2D eigenvalue weighted by molar-refractivity contribution is 7.85. The second-order valence-corrected chi connectivity index (χ2v) is 7.08. The maximum Gasteiger partial charge on any atom is 0.294 e. The van der Waals surface area contributed by atoms with E-state index < -0.39 is 20.9 Å². The number of rotatable bonds is 5. The molecule has 0 aromatic heterocycles. The van der Waals surface area contributed by atoms with Crippen LogP contribution in [-0.2, 0) is 19.7 Å². The molecule has 1 aliphatic heterocycles. The lowest BCUT2D eigenvalue weighted by Crippen LogP contribution is -2.36. The number of benzene rings is 1. The fraction of sp³-hybridized carbons (Fsp3) is 0.312. The minimum absolute atomic E-state index is 0.0796. The third-order valence-electron chi connectivity index (χ3n) is 3.82. The van der Waals surface area contributed by atoms with Crippen LogP contribution in [0.2, 0.25) is 0 Å². The molecule has 0 bridgehead atoms. The van der Waals surface area contributed by atoms with Crippen LogP contribution in [-0.4, -0.2) is 37.9 Å². The first kappa shape index (κ1) is 19.6. The zero-order valence-corrected chi connectivity index (χ0v) is 14.5. The zero-order valence-electron chi connectivity index (χ0n) is 13.7. The van der Waals surface area contributed by atoms with Crippen molar-refractivity contribution in [2.75, 3.05) is 18.4 Å². The number of carbonyl (C=O) groups is 2. The summed E-state index contributed by atoms with van der Waals surface area (Å²) in [6.45, 7) is 1.47. The monoisotopic (exact) mass is 378 g/mol. The predicted octanol–water partition coefficient (Wildman–Crippen LogP) is 0.395. The molecule has 1 aliphatic rings. The van der Waals surface area contributed by atoms with Crippen LogP contribution in [0.25, 0.3) is 0 Å². The van der Waals surface area contributed by atoms with Gasteiger partial charge < -0.3 is 16.0 Å². The van der Waals surface area contributed by atoms with E-state index in [1.54, 1.807) is 6.07 Å². The van der Waals surface area contributed by atoms with E-state index in [2.05, 4.69) is 16.0 Å². The quantitative estimate of drug-likeness (QED) is 0.329. The smallest absolute Gasteiger partial charge is 0.294 e. The molecule has 0 saturated carbocycles. The lowest BCUT2D eigenvalue weighted by atomic mass is 9.97. The van der Waals surface area contributed by atoms with Crippen LogP contribution in [0.4, 0.5) is 5.69 Å². The number of nitrogens with one attached hydrogen (secondary N) is 3. The molecular formula is C16H18N4O5S. The van der Waals surface area contributed by atoms with E-state index in [0.717, 1.165) is 31.4 Å². The zero-order chi connectivity index (χ0) is 19.2. The van der Waals surface area contributed by atoms with Gasteiger partial charge in [-0.25, -0.2) is 0 Å². The molecule has 9 nitrogen and oxygen atoms in total. The van der Waals surface area contributed by atoms with Crippen LogP contribution in [0.5, 0.6) is 0 Å². The van der Waals surface area contributed by atoms with E-state index in [1.807, 2.05) is 0 Å².